The Kier molecular flexibility index (Phi) is 8.71. The van der Waals surface area contributed by atoms with Gasteiger partial charge in [-0.15, -0.1) is 35.3 Å². The number of nitrogens with one attached hydrogen (secondary N) is 1. The highest BCUT2D eigenvalue weighted by Gasteiger charge is 2.32. The molecule has 168 valence electrons. The smallest absolute Gasteiger partial charge is 0.222 e. The van der Waals surface area contributed by atoms with E-state index in [1.807, 2.05) is 11.1 Å². The van der Waals surface area contributed by atoms with Crippen LogP contribution in [0, 0.1) is 6.92 Å². The lowest BCUT2D eigenvalue weighted by Gasteiger charge is -2.23. The molecule has 8 heteroatoms. The molecule has 0 spiro atoms. The SMILES string of the molecule is CCNC(=NCCc1ncc(C)s1)N1CC(CCN2CCCC2=O)c2ccccc21.I. The van der Waals surface area contributed by atoms with E-state index in [-0.39, 0.29) is 24.0 Å². The molecule has 6 nitrogen and oxygen atoms in total. The second kappa shape index (κ2) is 11.3. The molecule has 1 aromatic carbocycles. The molecule has 2 aliphatic rings. The predicted molar refractivity (Wildman–Crippen MR) is 139 cm³/mol. The minimum Gasteiger partial charge on any atom is -0.356 e. The van der Waals surface area contributed by atoms with Gasteiger partial charge in [-0.05, 0) is 38.3 Å². The number of benzene rings is 1. The van der Waals surface area contributed by atoms with E-state index in [2.05, 4.69) is 53.3 Å². The van der Waals surface area contributed by atoms with Crippen LogP contribution in [0.25, 0.3) is 0 Å². The molecular weight excluding hydrogens is 521 g/mol. The number of hydrogen-bond donors (Lipinski definition) is 1. The van der Waals surface area contributed by atoms with Gasteiger partial charge in [-0.2, -0.15) is 0 Å². The minimum atomic E-state index is 0. The van der Waals surface area contributed by atoms with Crippen LogP contribution in [-0.4, -0.2) is 54.5 Å². The number of halogens is 1. The number of anilines is 1. The molecule has 0 aliphatic carbocycles. The Morgan fingerprint density at radius 2 is 2.19 bits per heavy atom. The Labute approximate surface area is 206 Å². The number of nitrogens with zero attached hydrogens (tertiary/aromatic N) is 4. The lowest BCUT2D eigenvalue weighted by Crippen LogP contribution is -2.41. The zero-order valence-corrected chi connectivity index (χ0v) is 21.5. The second-order valence-corrected chi connectivity index (χ2v) is 9.31. The van der Waals surface area contributed by atoms with Crippen molar-refractivity contribution < 1.29 is 4.79 Å². The van der Waals surface area contributed by atoms with Crippen molar-refractivity contribution in [1.29, 1.82) is 0 Å². The summed E-state index contributed by atoms with van der Waals surface area (Å²) in [4.78, 5) is 27.0. The van der Waals surface area contributed by atoms with Crippen LogP contribution in [0.5, 0.6) is 0 Å². The van der Waals surface area contributed by atoms with Crippen LogP contribution >= 0.6 is 35.3 Å². The molecule has 1 saturated heterocycles. The van der Waals surface area contributed by atoms with Crippen molar-refractivity contribution in [1.82, 2.24) is 15.2 Å². The van der Waals surface area contributed by atoms with E-state index in [4.69, 9.17) is 4.99 Å². The number of thiazole rings is 1. The third-order valence-corrected chi connectivity index (χ3v) is 6.81. The molecule has 0 saturated carbocycles. The van der Waals surface area contributed by atoms with Gasteiger partial charge in [-0.3, -0.25) is 9.79 Å². The van der Waals surface area contributed by atoms with Crippen molar-refractivity contribution in [2.45, 2.75) is 45.4 Å². The first-order valence-corrected chi connectivity index (χ1v) is 11.8. The zero-order chi connectivity index (χ0) is 20.9. The van der Waals surface area contributed by atoms with Crippen LogP contribution in [0.3, 0.4) is 0 Å². The fourth-order valence-electron chi connectivity index (χ4n) is 4.36. The van der Waals surface area contributed by atoms with Gasteiger partial charge in [0, 0.05) is 68.2 Å². The first-order chi connectivity index (χ1) is 14.7. The lowest BCUT2D eigenvalue weighted by molar-refractivity contribution is -0.127. The maximum absolute atomic E-state index is 12.0. The van der Waals surface area contributed by atoms with Crippen molar-refractivity contribution >= 4 is 52.9 Å². The molecule has 0 radical (unpaired) electrons. The van der Waals surface area contributed by atoms with Crippen molar-refractivity contribution in [2.24, 2.45) is 4.99 Å². The monoisotopic (exact) mass is 553 g/mol. The van der Waals surface area contributed by atoms with E-state index in [1.54, 1.807) is 11.3 Å². The first-order valence-electron chi connectivity index (χ1n) is 11.0. The van der Waals surface area contributed by atoms with Crippen LogP contribution < -0.4 is 10.2 Å². The summed E-state index contributed by atoms with van der Waals surface area (Å²) in [6, 6.07) is 8.63. The maximum Gasteiger partial charge on any atom is 0.222 e. The van der Waals surface area contributed by atoms with Gasteiger partial charge < -0.3 is 15.1 Å². The van der Waals surface area contributed by atoms with Crippen LogP contribution in [0.15, 0.2) is 35.5 Å². The Morgan fingerprint density at radius 3 is 2.90 bits per heavy atom. The van der Waals surface area contributed by atoms with Crippen LogP contribution in [0.2, 0.25) is 0 Å². The standard InChI is InChI=1S/C23H31N5OS.HI/c1-3-24-23(25-12-10-21-26-15-17(2)30-21)28-16-18(19-7-4-5-8-20(19)28)11-14-27-13-6-9-22(27)29;/h4-5,7-8,15,18H,3,6,9-14,16H2,1-2H3,(H,24,25);1H. The minimum absolute atomic E-state index is 0. The molecule has 4 rings (SSSR count). The number of aryl methyl sites for hydroxylation is 1. The third kappa shape index (κ3) is 5.77. The van der Waals surface area contributed by atoms with Gasteiger partial charge in [0.1, 0.15) is 0 Å². The topological polar surface area (TPSA) is 60.8 Å². The molecule has 1 unspecified atom stereocenters. The van der Waals surface area contributed by atoms with Gasteiger partial charge in [-0.25, -0.2) is 4.98 Å². The van der Waals surface area contributed by atoms with Crippen LogP contribution in [-0.2, 0) is 11.2 Å². The highest BCUT2D eigenvalue weighted by atomic mass is 127. The molecule has 2 aliphatic heterocycles. The van der Waals surface area contributed by atoms with E-state index >= 15 is 0 Å². The Morgan fingerprint density at radius 1 is 1.35 bits per heavy atom. The van der Waals surface area contributed by atoms with Crippen LogP contribution in [0.1, 0.15) is 47.6 Å². The van der Waals surface area contributed by atoms with Crippen molar-refractivity contribution in [3.05, 3.63) is 45.9 Å². The van der Waals surface area contributed by atoms with E-state index in [1.165, 1.54) is 16.1 Å². The summed E-state index contributed by atoms with van der Waals surface area (Å²) in [7, 11) is 0. The number of aromatic nitrogens is 1. The summed E-state index contributed by atoms with van der Waals surface area (Å²) in [5.41, 5.74) is 2.60. The van der Waals surface area contributed by atoms with Gasteiger partial charge in [-0.1, -0.05) is 18.2 Å². The summed E-state index contributed by atoms with van der Waals surface area (Å²) >= 11 is 1.75. The quantitative estimate of drug-likeness (QED) is 0.318. The van der Waals surface area contributed by atoms with Gasteiger partial charge in [0.2, 0.25) is 5.91 Å². The summed E-state index contributed by atoms with van der Waals surface area (Å²) in [6.45, 7) is 8.43. The number of rotatable bonds is 7. The average molecular weight is 554 g/mol. The molecule has 1 atom stereocenters. The number of amides is 1. The number of guanidine groups is 1. The Balaban J connectivity index is 0.00000272. The molecule has 31 heavy (non-hydrogen) atoms. The molecule has 0 bridgehead atoms. The van der Waals surface area contributed by atoms with Crippen LogP contribution in [0.4, 0.5) is 5.69 Å². The van der Waals surface area contributed by atoms with Gasteiger partial charge in [0.05, 0.1) is 5.01 Å². The summed E-state index contributed by atoms with van der Waals surface area (Å²) in [6.07, 6.45) is 5.51. The van der Waals surface area contributed by atoms with E-state index < -0.39 is 0 Å². The maximum atomic E-state index is 12.0. The van der Waals surface area contributed by atoms with Gasteiger partial charge >= 0.3 is 0 Å². The fourth-order valence-corrected chi connectivity index (χ4v) is 5.14. The van der Waals surface area contributed by atoms with Crippen molar-refractivity contribution in [3.8, 4) is 0 Å². The summed E-state index contributed by atoms with van der Waals surface area (Å²) in [5, 5.41) is 4.62. The van der Waals surface area contributed by atoms with Gasteiger partial charge in [0.15, 0.2) is 5.96 Å². The largest absolute Gasteiger partial charge is 0.356 e. The fraction of sp³-hybridized carbons (Fsp3) is 0.522. The first kappa shape index (κ1) is 24.0. The molecule has 3 heterocycles. The molecular formula is C23H32IN5OS. The van der Waals surface area contributed by atoms with E-state index in [0.29, 0.717) is 18.2 Å². The average Bonchev–Trinajstić information content (AvgIpc) is 3.45. The number of hydrogen-bond acceptors (Lipinski definition) is 4. The number of fused-ring (bicyclic) bond motifs is 1. The Bertz CT molecular complexity index is 915. The highest BCUT2D eigenvalue weighted by Crippen LogP contribution is 2.38. The number of likely N-dealkylation sites (tertiary alicyclic amines) is 1. The van der Waals surface area contributed by atoms with Gasteiger partial charge in [0.25, 0.3) is 0 Å². The van der Waals surface area contributed by atoms with Crippen molar-refractivity contribution in [3.63, 3.8) is 0 Å². The molecule has 1 N–H and O–H groups in total. The lowest BCUT2D eigenvalue weighted by atomic mass is 9.98. The summed E-state index contributed by atoms with van der Waals surface area (Å²) in [5.74, 6) is 1.67. The third-order valence-electron chi connectivity index (χ3n) is 5.84. The molecule has 1 aromatic heterocycles. The number of aliphatic imine (C=N–C) groups is 1. The van der Waals surface area contributed by atoms with Crippen molar-refractivity contribution in [2.75, 3.05) is 37.6 Å². The second-order valence-electron chi connectivity index (χ2n) is 7.99. The van der Waals surface area contributed by atoms with E-state index in [9.17, 15) is 4.79 Å². The Hall–Kier alpha value is -1.68. The number of carbonyl (C=O) groups excluding carboxylic acids is 1. The normalized spacial score (nSPS) is 18.3. The summed E-state index contributed by atoms with van der Waals surface area (Å²) < 4.78 is 0. The predicted octanol–water partition coefficient (Wildman–Crippen LogP) is 4.19. The zero-order valence-electron chi connectivity index (χ0n) is 18.3. The molecule has 1 amide bonds. The number of carbonyl (C=O) groups is 1. The molecule has 1 fully saturated rings. The van der Waals surface area contributed by atoms with E-state index in [0.717, 1.165) is 63.0 Å². The molecule has 2 aromatic rings. The highest BCUT2D eigenvalue weighted by molar-refractivity contribution is 14.0. The number of para-hydroxylation sites is 1.